The number of carbonyl (C=O) groups is 1. The molecule has 0 aromatic heterocycles. The lowest BCUT2D eigenvalue weighted by Gasteiger charge is -2.20. The maximum Gasteiger partial charge on any atom is 0.220 e. The lowest BCUT2D eigenvalue weighted by molar-refractivity contribution is -0.123. The van der Waals surface area contributed by atoms with Crippen LogP contribution >= 0.6 is 0 Å². The molecule has 0 bridgehead atoms. The second kappa shape index (κ2) is 55.5. The fourth-order valence-corrected chi connectivity index (χ4v) is 9.54. The monoisotopic (exact) mass is 888 g/mol. The summed E-state index contributed by atoms with van der Waals surface area (Å²) in [5.74, 6) is -0.0560. The highest BCUT2D eigenvalue weighted by Gasteiger charge is 2.18. The molecule has 0 heterocycles. The first-order chi connectivity index (χ1) is 31.2. The fraction of sp³-hybridized carbons (Fsp3) is 0.949. The largest absolute Gasteiger partial charge is 0.394 e. The van der Waals surface area contributed by atoms with Gasteiger partial charge in [0.15, 0.2) is 0 Å². The number of aliphatic hydroxyl groups excluding tert-OH is 2. The van der Waals surface area contributed by atoms with E-state index in [0.717, 1.165) is 25.7 Å². The number of aliphatic hydroxyl groups is 2. The molecule has 0 saturated heterocycles. The number of carbonyl (C=O) groups excluding carboxylic acids is 1. The summed E-state index contributed by atoms with van der Waals surface area (Å²) < 4.78 is 0. The summed E-state index contributed by atoms with van der Waals surface area (Å²) in [6.07, 6.45) is 72.6. The van der Waals surface area contributed by atoms with Crippen molar-refractivity contribution in [3.8, 4) is 0 Å². The Morgan fingerprint density at radius 2 is 0.587 bits per heavy atom. The molecular formula is C59H117NO3. The molecule has 0 spiro atoms. The quantitative estimate of drug-likeness (QED) is 0.0421. The first kappa shape index (κ1) is 62.1. The third-order valence-corrected chi connectivity index (χ3v) is 14.0. The van der Waals surface area contributed by atoms with Crippen LogP contribution in [0.5, 0.6) is 0 Å². The molecule has 0 unspecified atom stereocenters. The van der Waals surface area contributed by atoms with Crippen molar-refractivity contribution in [1.82, 2.24) is 5.32 Å². The van der Waals surface area contributed by atoms with Crippen LogP contribution in [0.4, 0.5) is 0 Å². The highest BCUT2D eigenvalue weighted by atomic mass is 16.3. The van der Waals surface area contributed by atoms with Crippen LogP contribution in [0.15, 0.2) is 12.2 Å². The highest BCUT2D eigenvalue weighted by molar-refractivity contribution is 5.76. The van der Waals surface area contributed by atoms with Crippen LogP contribution in [0.2, 0.25) is 0 Å². The molecule has 1 amide bonds. The van der Waals surface area contributed by atoms with Gasteiger partial charge in [-0.1, -0.05) is 328 Å². The molecule has 376 valence electrons. The molecule has 0 aromatic carbocycles. The summed E-state index contributed by atoms with van der Waals surface area (Å²) in [6, 6.07) is -0.617. The summed E-state index contributed by atoms with van der Waals surface area (Å²) in [5, 5.41) is 23.1. The van der Waals surface area contributed by atoms with E-state index in [9.17, 15) is 15.0 Å². The first-order valence-corrected chi connectivity index (χ1v) is 29.4. The molecule has 0 aliphatic rings. The maximum atomic E-state index is 12.5. The van der Waals surface area contributed by atoms with Gasteiger partial charge in [-0.25, -0.2) is 0 Å². The molecule has 0 aliphatic heterocycles. The van der Waals surface area contributed by atoms with E-state index in [-0.39, 0.29) is 12.5 Å². The predicted octanol–water partition coefficient (Wildman–Crippen LogP) is 19.3. The Hall–Kier alpha value is -0.870. The van der Waals surface area contributed by atoms with Gasteiger partial charge in [0.05, 0.1) is 18.8 Å². The Kier molecular flexibility index (Phi) is 54.7. The van der Waals surface area contributed by atoms with E-state index in [2.05, 4.69) is 19.2 Å². The molecule has 2 atom stereocenters. The van der Waals surface area contributed by atoms with Gasteiger partial charge in [-0.05, 0) is 19.3 Å². The molecule has 63 heavy (non-hydrogen) atoms. The number of unbranched alkanes of at least 4 members (excludes halogenated alkanes) is 48. The third-order valence-electron chi connectivity index (χ3n) is 14.0. The molecule has 0 fully saturated rings. The normalized spacial score (nSPS) is 12.8. The van der Waals surface area contributed by atoms with E-state index in [1.54, 1.807) is 6.08 Å². The van der Waals surface area contributed by atoms with Crippen LogP contribution in [-0.2, 0) is 4.79 Å². The summed E-state index contributed by atoms with van der Waals surface area (Å²) in [7, 11) is 0. The van der Waals surface area contributed by atoms with Gasteiger partial charge in [0, 0.05) is 6.42 Å². The highest BCUT2D eigenvalue weighted by Crippen LogP contribution is 2.18. The standard InChI is InChI=1S/C59H117NO3/c1-3-5-7-9-11-13-15-17-19-21-22-23-24-25-26-27-28-29-30-31-32-33-34-35-36-37-38-39-41-43-45-47-49-51-53-55-59(63)60-57(56-61)58(62)54-52-50-48-46-44-42-40-20-18-16-14-12-10-8-6-4-2/h52,54,57-58,61-62H,3-51,53,55-56H2,1-2H3,(H,60,63)/b54-52+/t57-,58+/m0/s1. The average molecular weight is 889 g/mol. The van der Waals surface area contributed by atoms with Gasteiger partial charge in [0.1, 0.15) is 0 Å². The smallest absolute Gasteiger partial charge is 0.220 e. The molecule has 4 heteroatoms. The zero-order chi connectivity index (χ0) is 45.6. The minimum atomic E-state index is -0.835. The van der Waals surface area contributed by atoms with Gasteiger partial charge in [-0.3, -0.25) is 4.79 Å². The maximum absolute atomic E-state index is 12.5. The Morgan fingerprint density at radius 3 is 0.825 bits per heavy atom. The number of hydrogen-bond donors (Lipinski definition) is 3. The van der Waals surface area contributed by atoms with Crippen molar-refractivity contribution in [3.63, 3.8) is 0 Å². The van der Waals surface area contributed by atoms with Crippen LogP contribution in [0, 0.1) is 0 Å². The fourth-order valence-electron chi connectivity index (χ4n) is 9.54. The molecule has 0 aliphatic carbocycles. The number of allylic oxidation sites excluding steroid dienone is 1. The molecule has 0 rings (SSSR count). The summed E-state index contributed by atoms with van der Waals surface area (Å²) in [5.41, 5.74) is 0. The minimum Gasteiger partial charge on any atom is -0.394 e. The molecular weight excluding hydrogens is 771 g/mol. The van der Waals surface area contributed by atoms with Crippen molar-refractivity contribution in [2.75, 3.05) is 6.61 Å². The Balaban J connectivity index is 3.37. The number of hydrogen-bond acceptors (Lipinski definition) is 3. The van der Waals surface area contributed by atoms with Crippen molar-refractivity contribution >= 4 is 5.91 Å². The van der Waals surface area contributed by atoms with E-state index in [4.69, 9.17) is 0 Å². The Bertz CT molecular complexity index is 875. The second-order valence-corrected chi connectivity index (χ2v) is 20.4. The average Bonchev–Trinajstić information content (AvgIpc) is 3.29. The van der Waals surface area contributed by atoms with Crippen molar-refractivity contribution in [3.05, 3.63) is 12.2 Å². The van der Waals surface area contributed by atoms with Crippen LogP contribution < -0.4 is 5.32 Å². The van der Waals surface area contributed by atoms with Gasteiger partial charge in [0.2, 0.25) is 5.91 Å². The zero-order valence-corrected chi connectivity index (χ0v) is 43.4. The number of nitrogens with one attached hydrogen (secondary N) is 1. The molecule has 0 saturated carbocycles. The molecule has 0 radical (unpaired) electrons. The van der Waals surface area contributed by atoms with Crippen molar-refractivity contribution in [1.29, 1.82) is 0 Å². The van der Waals surface area contributed by atoms with E-state index >= 15 is 0 Å². The van der Waals surface area contributed by atoms with Crippen LogP contribution in [0.1, 0.15) is 341 Å². The summed E-state index contributed by atoms with van der Waals surface area (Å²) in [6.45, 7) is 4.35. The second-order valence-electron chi connectivity index (χ2n) is 20.4. The predicted molar refractivity (Wildman–Crippen MR) is 281 cm³/mol. The molecule has 4 nitrogen and oxygen atoms in total. The van der Waals surface area contributed by atoms with Crippen molar-refractivity contribution in [2.45, 2.75) is 353 Å². The Morgan fingerprint density at radius 1 is 0.365 bits per heavy atom. The number of rotatable bonds is 55. The van der Waals surface area contributed by atoms with Gasteiger partial charge < -0.3 is 15.5 Å². The van der Waals surface area contributed by atoms with Crippen LogP contribution in [0.3, 0.4) is 0 Å². The Labute approximate surface area is 397 Å². The van der Waals surface area contributed by atoms with Gasteiger partial charge in [0.25, 0.3) is 0 Å². The SMILES string of the molecule is CCCCCCCCCCCCCCCC/C=C/[C@@H](O)[C@H](CO)NC(=O)CCCCCCCCCCCCCCCCCCCCCCCCCCCCCCCCCCCCC. The molecule has 0 aromatic rings. The van der Waals surface area contributed by atoms with Gasteiger partial charge in [-0.2, -0.15) is 0 Å². The van der Waals surface area contributed by atoms with Crippen LogP contribution in [0.25, 0.3) is 0 Å². The van der Waals surface area contributed by atoms with E-state index in [1.807, 2.05) is 6.08 Å². The lowest BCUT2D eigenvalue weighted by atomic mass is 10.0. The van der Waals surface area contributed by atoms with Crippen molar-refractivity contribution < 1.29 is 15.0 Å². The van der Waals surface area contributed by atoms with Crippen LogP contribution in [-0.4, -0.2) is 34.9 Å². The van der Waals surface area contributed by atoms with Crippen molar-refractivity contribution in [2.24, 2.45) is 0 Å². The zero-order valence-electron chi connectivity index (χ0n) is 43.4. The minimum absolute atomic E-state index is 0.0560. The number of amides is 1. The molecule has 3 N–H and O–H groups in total. The van der Waals surface area contributed by atoms with E-state index in [0.29, 0.717) is 6.42 Å². The summed E-state index contributed by atoms with van der Waals surface area (Å²) >= 11 is 0. The van der Waals surface area contributed by atoms with Gasteiger partial charge >= 0.3 is 0 Å². The van der Waals surface area contributed by atoms with E-state index in [1.165, 1.54) is 295 Å². The first-order valence-electron chi connectivity index (χ1n) is 29.4. The van der Waals surface area contributed by atoms with E-state index < -0.39 is 12.1 Å². The lowest BCUT2D eigenvalue weighted by Crippen LogP contribution is -2.45. The summed E-state index contributed by atoms with van der Waals surface area (Å²) in [4.78, 5) is 12.5. The van der Waals surface area contributed by atoms with Gasteiger partial charge in [-0.15, -0.1) is 0 Å². The topological polar surface area (TPSA) is 69.6 Å². The third kappa shape index (κ3) is 52.0.